The third kappa shape index (κ3) is 1.82. The molecule has 1 aliphatic rings. The Morgan fingerprint density at radius 3 is 2.55 bits per heavy atom. The van der Waals surface area contributed by atoms with E-state index in [4.69, 9.17) is 4.74 Å². The fourth-order valence-corrected chi connectivity index (χ4v) is 2.44. The smallest absolute Gasteiger partial charge is 0.236 e. The molecule has 3 rings (SSSR count). The molecule has 5 heteroatoms. The van der Waals surface area contributed by atoms with Crippen LogP contribution in [0.25, 0.3) is 0 Å². The van der Waals surface area contributed by atoms with Crippen LogP contribution in [0, 0.1) is 11.6 Å². The lowest BCUT2D eigenvalue weighted by Gasteiger charge is -2.11. The Balaban J connectivity index is 2.15. The molecular weight excluding hydrogens is 264 g/mol. The molecule has 1 N–H and O–H groups in total. The summed E-state index contributed by atoms with van der Waals surface area (Å²) < 4.78 is 32.5. The predicted molar refractivity (Wildman–Crippen MR) is 69.8 cm³/mol. The van der Waals surface area contributed by atoms with Crippen molar-refractivity contribution in [1.29, 1.82) is 0 Å². The first-order valence-electron chi connectivity index (χ1n) is 6.04. The van der Waals surface area contributed by atoms with Crippen LogP contribution in [-0.4, -0.2) is 13.0 Å². The third-order valence-electron chi connectivity index (χ3n) is 3.37. The van der Waals surface area contributed by atoms with Gasteiger partial charge in [0.25, 0.3) is 0 Å². The monoisotopic (exact) mass is 275 g/mol. The van der Waals surface area contributed by atoms with Crippen molar-refractivity contribution >= 4 is 11.6 Å². The Labute approximate surface area is 114 Å². The number of rotatable bonds is 2. The van der Waals surface area contributed by atoms with Crippen LogP contribution in [-0.2, 0) is 4.79 Å². The van der Waals surface area contributed by atoms with Gasteiger partial charge in [0.05, 0.1) is 13.0 Å². The first-order valence-corrected chi connectivity index (χ1v) is 6.04. The SMILES string of the molecule is COc1cc2c(cc1F)C(c1ccccc1F)C(=O)N2. The third-order valence-corrected chi connectivity index (χ3v) is 3.37. The molecule has 20 heavy (non-hydrogen) atoms. The maximum atomic E-state index is 13.9. The average Bonchev–Trinajstić information content (AvgIpc) is 2.74. The maximum Gasteiger partial charge on any atom is 0.236 e. The van der Waals surface area contributed by atoms with Crippen LogP contribution < -0.4 is 10.1 Å². The highest BCUT2D eigenvalue weighted by Gasteiger charge is 2.34. The number of methoxy groups -OCH3 is 1. The van der Waals surface area contributed by atoms with E-state index >= 15 is 0 Å². The van der Waals surface area contributed by atoms with Gasteiger partial charge in [-0.3, -0.25) is 4.79 Å². The van der Waals surface area contributed by atoms with E-state index < -0.39 is 17.6 Å². The van der Waals surface area contributed by atoms with Gasteiger partial charge < -0.3 is 10.1 Å². The van der Waals surface area contributed by atoms with Crippen molar-refractivity contribution in [1.82, 2.24) is 0 Å². The summed E-state index contributed by atoms with van der Waals surface area (Å²) in [5.41, 5.74) is 1.09. The number of carbonyl (C=O) groups excluding carboxylic acids is 1. The van der Waals surface area contributed by atoms with Gasteiger partial charge in [-0.15, -0.1) is 0 Å². The number of fused-ring (bicyclic) bond motifs is 1. The van der Waals surface area contributed by atoms with E-state index in [-0.39, 0.29) is 17.2 Å². The number of carbonyl (C=O) groups is 1. The van der Waals surface area contributed by atoms with Gasteiger partial charge in [-0.05, 0) is 17.7 Å². The van der Waals surface area contributed by atoms with Gasteiger partial charge in [-0.25, -0.2) is 8.78 Å². The minimum absolute atomic E-state index is 0.0400. The quantitative estimate of drug-likeness (QED) is 0.914. The van der Waals surface area contributed by atoms with Crippen molar-refractivity contribution in [2.45, 2.75) is 5.92 Å². The zero-order chi connectivity index (χ0) is 14.3. The molecule has 2 aromatic carbocycles. The Bertz CT molecular complexity index is 700. The molecule has 0 saturated heterocycles. The molecule has 0 aromatic heterocycles. The van der Waals surface area contributed by atoms with Gasteiger partial charge in [-0.1, -0.05) is 18.2 Å². The summed E-state index contributed by atoms with van der Waals surface area (Å²) in [7, 11) is 1.34. The Morgan fingerprint density at radius 2 is 1.85 bits per heavy atom. The van der Waals surface area contributed by atoms with Crippen molar-refractivity contribution in [2.24, 2.45) is 0 Å². The van der Waals surface area contributed by atoms with E-state index in [1.807, 2.05) is 0 Å². The first-order chi connectivity index (χ1) is 9.61. The van der Waals surface area contributed by atoms with Gasteiger partial charge in [0, 0.05) is 17.3 Å². The lowest BCUT2D eigenvalue weighted by Crippen LogP contribution is -2.14. The van der Waals surface area contributed by atoms with Crippen LogP contribution in [0.4, 0.5) is 14.5 Å². The van der Waals surface area contributed by atoms with Crippen LogP contribution >= 0.6 is 0 Å². The van der Waals surface area contributed by atoms with E-state index in [1.54, 1.807) is 12.1 Å². The Hall–Kier alpha value is -2.43. The molecule has 3 nitrogen and oxygen atoms in total. The largest absolute Gasteiger partial charge is 0.494 e. The van der Waals surface area contributed by atoms with Crippen LogP contribution in [0.3, 0.4) is 0 Å². The topological polar surface area (TPSA) is 38.3 Å². The van der Waals surface area contributed by atoms with Crippen LogP contribution in [0.5, 0.6) is 5.75 Å². The second kappa shape index (κ2) is 4.59. The van der Waals surface area contributed by atoms with E-state index in [0.29, 0.717) is 11.3 Å². The molecule has 0 saturated carbocycles. The molecular formula is C15H11F2NO2. The number of hydrogen-bond donors (Lipinski definition) is 1. The first kappa shape index (κ1) is 12.6. The van der Waals surface area contributed by atoms with Crippen molar-refractivity contribution < 1.29 is 18.3 Å². The highest BCUT2D eigenvalue weighted by molar-refractivity contribution is 6.05. The number of amides is 1. The molecule has 1 amide bonds. The minimum Gasteiger partial charge on any atom is -0.494 e. The Morgan fingerprint density at radius 1 is 1.10 bits per heavy atom. The van der Waals surface area contributed by atoms with Gasteiger partial charge in [0.15, 0.2) is 11.6 Å². The highest BCUT2D eigenvalue weighted by atomic mass is 19.1. The van der Waals surface area contributed by atoms with E-state index in [0.717, 1.165) is 0 Å². The van der Waals surface area contributed by atoms with Gasteiger partial charge in [0.1, 0.15) is 5.82 Å². The molecule has 1 unspecified atom stereocenters. The van der Waals surface area contributed by atoms with Crippen molar-refractivity contribution in [3.8, 4) is 5.75 Å². The standard InChI is InChI=1S/C15H11F2NO2/c1-20-13-7-12-9(6-11(13)17)14(15(19)18-12)8-4-2-3-5-10(8)16/h2-7,14H,1H3,(H,18,19). The minimum atomic E-state index is -0.841. The molecule has 1 atom stereocenters. The van der Waals surface area contributed by atoms with E-state index in [1.165, 1.54) is 31.4 Å². The van der Waals surface area contributed by atoms with E-state index in [2.05, 4.69) is 5.32 Å². The molecule has 0 bridgehead atoms. The fraction of sp³-hybridized carbons (Fsp3) is 0.133. The summed E-state index contributed by atoms with van der Waals surface area (Å²) in [5.74, 6) is -2.25. The average molecular weight is 275 g/mol. The summed E-state index contributed by atoms with van der Waals surface area (Å²) >= 11 is 0. The molecule has 1 heterocycles. The lowest BCUT2D eigenvalue weighted by molar-refractivity contribution is -0.116. The number of nitrogens with one attached hydrogen (secondary N) is 1. The Kier molecular flexibility index (Phi) is 2.89. The highest BCUT2D eigenvalue weighted by Crippen LogP contribution is 2.40. The number of benzene rings is 2. The number of anilines is 1. The molecule has 0 aliphatic carbocycles. The van der Waals surface area contributed by atoms with E-state index in [9.17, 15) is 13.6 Å². The van der Waals surface area contributed by atoms with Gasteiger partial charge in [-0.2, -0.15) is 0 Å². The molecule has 1 aliphatic heterocycles. The second-order valence-electron chi connectivity index (χ2n) is 4.52. The second-order valence-corrected chi connectivity index (χ2v) is 4.52. The number of ether oxygens (including phenoxy) is 1. The van der Waals surface area contributed by atoms with Crippen LogP contribution in [0.15, 0.2) is 36.4 Å². The fourth-order valence-electron chi connectivity index (χ4n) is 2.44. The molecule has 2 aromatic rings. The molecule has 0 fully saturated rings. The number of halogens is 2. The summed E-state index contributed by atoms with van der Waals surface area (Å²) in [6.07, 6.45) is 0. The maximum absolute atomic E-state index is 13.9. The van der Waals surface area contributed by atoms with Gasteiger partial charge in [0.2, 0.25) is 5.91 Å². The predicted octanol–water partition coefficient (Wildman–Crippen LogP) is 3.06. The molecule has 0 radical (unpaired) electrons. The zero-order valence-electron chi connectivity index (χ0n) is 10.6. The molecule has 102 valence electrons. The normalized spacial score (nSPS) is 16.8. The van der Waals surface area contributed by atoms with Crippen molar-refractivity contribution in [3.05, 3.63) is 59.2 Å². The summed E-state index contributed by atoms with van der Waals surface area (Å²) in [4.78, 5) is 12.1. The van der Waals surface area contributed by atoms with Crippen LogP contribution in [0.1, 0.15) is 17.0 Å². The summed E-state index contributed by atoms with van der Waals surface area (Å²) in [5, 5.41) is 2.62. The lowest BCUT2D eigenvalue weighted by atomic mass is 9.92. The van der Waals surface area contributed by atoms with Crippen LogP contribution in [0.2, 0.25) is 0 Å². The molecule has 0 spiro atoms. The van der Waals surface area contributed by atoms with Crippen molar-refractivity contribution in [2.75, 3.05) is 12.4 Å². The van der Waals surface area contributed by atoms with Gasteiger partial charge >= 0.3 is 0 Å². The number of hydrogen-bond acceptors (Lipinski definition) is 2. The summed E-state index contributed by atoms with van der Waals surface area (Å²) in [6, 6.07) is 8.61. The van der Waals surface area contributed by atoms with Crippen molar-refractivity contribution in [3.63, 3.8) is 0 Å². The summed E-state index contributed by atoms with van der Waals surface area (Å²) in [6.45, 7) is 0. The zero-order valence-corrected chi connectivity index (χ0v) is 10.6.